The molecule has 0 radical (unpaired) electrons. The van der Waals surface area contributed by atoms with Crippen LogP contribution in [0.4, 0.5) is 0 Å². The zero-order chi connectivity index (χ0) is 22.5. The van der Waals surface area contributed by atoms with Crippen LogP contribution in [0.2, 0.25) is 0 Å². The Morgan fingerprint density at radius 1 is 0.625 bits per heavy atom. The number of hydrogen-bond acceptors (Lipinski definition) is 2. The molecule has 1 saturated carbocycles. The van der Waals surface area contributed by atoms with E-state index in [-0.39, 0.29) is 5.66 Å². The molecule has 3 aromatic carbocycles. The van der Waals surface area contributed by atoms with Crippen LogP contribution < -0.4 is 15.9 Å². The first-order valence-corrected chi connectivity index (χ1v) is 15.2. The van der Waals surface area contributed by atoms with Crippen LogP contribution in [0.15, 0.2) is 91.0 Å². The van der Waals surface area contributed by atoms with Gasteiger partial charge in [0.25, 0.3) is 0 Å². The third-order valence-corrected chi connectivity index (χ3v) is 14.9. The van der Waals surface area contributed by atoms with Crippen molar-refractivity contribution >= 4 is 30.6 Å². The molecule has 0 aromatic heterocycles. The summed E-state index contributed by atoms with van der Waals surface area (Å²) in [4.78, 5) is 21.0. The van der Waals surface area contributed by atoms with Crippen molar-refractivity contribution in [2.45, 2.75) is 50.6 Å². The van der Waals surface area contributed by atoms with E-state index in [9.17, 15) is 14.4 Å². The van der Waals surface area contributed by atoms with E-state index in [1.807, 2.05) is 91.0 Å². The van der Waals surface area contributed by atoms with Crippen molar-refractivity contribution in [1.29, 1.82) is 0 Å². The fraction of sp³-hybridized carbons (Fsp3) is 0.308. The van der Waals surface area contributed by atoms with Crippen molar-refractivity contribution in [3.63, 3.8) is 0 Å². The van der Waals surface area contributed by atoms with Crippen LogP contribution in [0, 0.1) is 0 Å². The molecule has 1 aliphatic carbocycles. The van der Waals surface area contributed by atoms with E-state index in [4.69, 9.17) is 4.31 Å². The van der Waals surface area contributed by atoms with Crippen molar-refractivity contribution in [3.8, 4) is 0 Å². The molecule has 170 valence electrons. The molecule has 0 atom stereocenters. The van der Waals surface area contributed by atoms with Gasteiger partial charge in [0.15, 0.2) is 0 Å². The van der Waals surface area contributed by atoms with Crippen LogP contribution in [-0.4, -0.2) is 15.4 Å². The van der Waals surface area contributed by atoms with E-state index < -0.39 is 14.7 Å². The van der Waals surface area contributed by atoms with E-state index in [1.54, 1.807) is 0 Å². The Bertz CT molecular complexity index is 944. The topological polar surface area (TPSA) is 66.8 Å². The zero-order valence-corrected chi connectivity index (χ0v) is 20.1. The van der Waals surface area contributed by atoms with Gasteiger partial charge in [-0.05, 0) is 0 Å². The minimum absolute atomic E-state index is 0.0267. The zero-order valence-electron chi connectivity index (χ0n) is 18.3. The Morgan fingerprint density at radius 3 is 1.31 bits per heavy atom. The van der Waals surface area contributed by atoms with Crippen LogP contribution in [0.25, 0.3) is 0 Å². The molecule has 2 N–H and O–H groups in total. The van der Waals surface area contributed by atoms with Crippen molar-refractivity contribution in [2.24, 2.45) is 0 Å². The number of phosphoric acid groups is 1. The van der Waals surface area contributed by atoms with Gasteiger partial charge in [-0.1, -0.05) is 0 Å². The predicted molar refractivity (Wildman–Crippen MR) is 134 cm³/mol. The standard InChI is InChI=1S/C26H32O4P2/c27-31(28,29)30-32(24-17-9-4-10-18-24,25-19-11-5-12-20-25,26-21-13-6-14-22-26)23-15-7-2-1-3-8-16-23/h4-6,9-14,17-23H,1-3,7-8,15-16H2,(H2,27,28,29). The molecule has 1 aliphatic rings. The Kier molecular flexibility index (Phi) is 7.00. The Hall–Kier alpha value is -1.80. The monoisotopic (exact) mass is 470 g/mol. The van der Waals surface area contributed by atoms with Gasteiger partial charge in [0, 0.05) is 0 Å². The van der Waals surface area contributed by atoms with Crippen molar-refractivity contribution in [3.05, 3.63) is 91.0 Å². The first-order chi connectivity index (χ1) is 15.5. The SMILES string of the molecule is O=P(O)(O)OP(c1ccccc1)(c1ccccc1)(c1ccccc1)C1CCCCCCC1. The Morgan fingerprint density at radius 2 is 0.969 bits per heavy atom. The van der Waals surface area contributed by atoms with Crippen molar-refractivity contribution in [1.82, 2.24) is 0 Å². The predicted octanol–water partition coefficient (Wildman–Crippen LogP) is 5.65. The second-order valence-corrected chi connectivity index (χ2v) is 14.8. The average molecular weight is 470 g/mol. The maximum atomic E-state index is 12.9. The van der Waals surface area contributed by atoms with Crippen LogP contribution in [-0.2, 0) is 8.88 Å². The van der Waals surface area contributed by atoms with Gasteiger partial charge in [0.05, 0.1) is 0 Å². The molecule has 0 unspecified atom stereocenters. The molecule has 6 heteroatoms. The Labute approximate surface area is 190 Å². The van der Waals surface area contributed by atoms with E-state index in [0.29, 0.717) is 0 Å². The second kappa shape index (κ2) is 9.59. The second-order valence-electron chi connectivity index (χ2n) is 8.68. The average Bonchev–Trinajstić information content (AvgIpc) is 2.79. The molecular weight excluding hydrogens is 438 g/mol. The van der Waals surface area contributed by atoms with Crippen molar-refractivity contribution < 1.29 is 18.7 Å². The van der Waals surface area contributed by atoms with Crippen LogP contribution in [0.1, 0.15) is 44.9 Å². The summed E-state index contributed by atoms with van der Waals surface area (Å²) < 4.78 is 19.3. The summed E-state index contributed by atoms with van der Waals surface area (Å²) in [6, 6.07) is 29.6. The summed E-state index contributed by atoms with van der Waals surface area (Å²) in [5, 5.41) is 2.64. The van der Waals surface area contributed by atoms with E-state index >= 15 is 0 Å². The molecule has 3 aromatic rings. The van der Waals surface area contributed by atoms with Gasteiger partial charge in [0.1, 0.15) is 0 Å². The molecule has 0 amide bonds. The summed E-state index contributed by atoms with van der Waals surface area (Å²) in [6.07, 6.45) is 7.28. The first-order valence-electron chi connectivity index (χ1n) is 11.4. The molecule has 0 aliphatic heterocycles. The molecule has 0 bridgehead atoms. The summed E-state index contributed by atoms with van der Waals surface area (Å²) in [7, 11) is -4.88. The van der Waals surface area contributed by atoms with Crippen molar-refractivity contribution in [2.75, 3.05) is 0 Å². The van der Waals surface area contributed by atoms with Gasteiger partial charge in [0.2, 0.25) is 0 Å². The number of rotatable bonds is 6. The van der Waals surface area contributed by atoms with Gasteiger partial charge < -0.3 is 0 Å². The minimum atomic E-state index is -4.88. The van der Waals surface area contributed by atoms with Gasteiger partial charge in [-0.25, -0.2) is 0 Å². The van der Waals surface area contributed by atoms with Gasteiger partial charge in [-0.15, -0.1) is 0 Å². The fourth-order valence-electron chi connectivity index (χ4n) is 5.61. The molecule has 0 saturated heterocycles. The Balaban J connectivity index is 2.19. The normalized spacial score (nSPS) is 17.6. The summed E-state index contributed by atoms with van der Waals surface area (Å²) in [5.74, 6) is 0. The third-order valence-electron chi connectivity index (χ3n) is 6.85. The summed E-state index contributed by atoms with van der Waals surface area (Å²) in [5.41, 5.74) is -0.0267. The van der Waals surface area contributed by atoms with Crippen LogP contribution in [0.5, 0.6) is 0 Å². The van der Waals surface area contributed by atoms with Gasteiger partial charge >= 0.3 is 191 Å². The fourth-order valence-corrected chi connectivity index (χ4v) is 14.8. The van der Waals surface area contributed by atoms with Gasteiger partial charge in [-0.3, -0.25) is 0 Å². The molecular formula is C26H32O4P2. The molecule has 0 heterocycles. The molecule has 4 rings (SSSR count). The quantitative estimate of drug-likeness (QED) is 0.457. The number of hydrogen-bond donors (Lipinski definition) is 2. The third kappa shape index (κ3) is 4.12. The van der Waals surface area contributed by atoms with Crippen LogP contribution in [0.3, 0.4) is 0 Å². The van der Waals surface area contributed by atoms with E-state index in [0.717, 1.165) is 54.4 Å². The molecule has 4 nitrogen and oxygen atoms in total. The summed E-state index contributed by atoms with van der Waals surface area (Å²) >= 11 is 0. The molecule has 32 heavy (non-hydrogen) atoms. The molecule has 1 fully saturated rings. The summed E-state index contributed by atoms with van der Waals surface area (Å²) in [6.45, 7) is -4.06. The van der Waals surface area contributed by atoms with E-state index in [1.165, 1.54) is 6.42 Å². The first kappa shape index (κ1) is 23.4. The van der Waals surface area contributed by atoms with E-state index in [2.05, 4.69) is 0 Å². The molecule has 0 spiro atoms. The van der Waals surface area contributed by atoms with Gasteiger partial charge in [-0.2, -0.15) is 0 Å². The number of benzene rings is 3. The van der Waals surface area contributed by atoms with Crippen LogP contribution >= 0.6 is 14.7 Å². The maximum absolute atomic E-state index is 12.9.